The highest BCUT2D eigenvalue weighted by Crippen LogP contribution is 2.35. The number of hydrogen-bond donors (Lipinski definition) is 1. The van der Waals surface area contributed by atoms with E-state index in [0.29, 0.717) is 0 Å². The van der Waals surface area contributed by atoms with E-state index in [1.54, 1.807) is 11.3 Å². The Morgan fingerprint density at radius 1 is 1.07 bits per heavy atom. The van der Waals surface area contributed by atoms with E-state index >= 15 is 0 Å². The predicted molar refractivity (Wildman–Crippen MR) is 113 cm³/mol. The molecule has 4 heteroatoms. The molecule has 4 aromatic rings. The van der Waals surface area contributed by atoms with Crippen molar-refractivity contribution in [2.45, 2.75) is 13.3 Å². The Hall–Kier alpha value is -2.85. The monoisotopic (exact) mass is 372 g/mol. The summed E-state index contributed by atoms with van der Waals surface area (Å²) in [6.45, 7) is 3.72. The fourth-order valence-corrected chi connectivity index (χ4v) is 4.67. The molecule has 0 radical (unpaired) electrons. The highest BCUT2D eigenvalue weighted by Gasteiger charge is 2.15. The zero-order valence-corrected chi connectivity index (χ0v) is 16.0. The number of rotatable bonds is 3. The molecule has 0 bridgehead atoms. The van der Waals surface area contributed by atoms with E-state index in [2.05, 4.69) is 66.8 Å². The highest BCUT2D eigenvalue weighted by atomic mass is 32.1. The van der Waals surface area contributed by atoms with Gasteiger partial charge in [0, 0.05) is 23.4 Å². The van der Waals surface area contributed by atoms with E-state index in [1.165, 1.54) is 21.2 Å². The van der Waals surface area contributed by atoms with Crippen LogP contribution in [0.15, 0.2) is 60.7 Å². The summed E-state index contributed by atoms with van der Waals surface area (Å²) < 4.78 is 5.69. The minimum absolute atomic E-state index is 0.719. The van der Waals surface area contributed by atoms with Crippen LogP contribution in [-0.2, 0) is 6.42 Å². The lowest BCUT2D eigenvalue weighted by atomic mass is 10.0. The second-order valence-electron chi connectivity index (χ2n) is 6.81. The maximum Gasteiger partial charge on any atom is 0.142 e. The van der Waals surface area contributed by atoms with Gasteiger partial charge in [-0.25, -0.2) is 4.98 Å². The molecule has 0 saturated carbocycles. The van der Waals surface area contributed by atoms with Gasteiger partial charge in [0.25, 0.3) is 0 Å². The molecule has 1 aliphatic heterocycles. The first-order valence-electron chi connectivity index (χ1n) is 9.22. The lowest BCUT2D eigenvalue weighted by Gasteiger charge is -2.19. The van der Waals surface area contributed by atoms with E-state index in [0.717, 1.165) is 47.3 Å². The van der Waals surface area contributed by atoms with E-state index in [1.807, 2.05) is 6.07 Å². The standard InChI is InChI=1S/C23H20N2OS/c1-15-23(18-9-10-21-20(13-18)24-11-12-26-21)25-22(27-15)14-17-7-4-6-16-5-2-3-8-19(16)17/h2-10,13,24H,11-12,14H2,1H3. The molecule has 0 atom stereocenters. The van der Waals surface area contributed by atoms with E-state index in [9.17, 15) is 0 Å². The average Bonchev–Trinajstić information content (AvgIpc) is 3.08. The van der Waals surface area contributed by atoms with Crippen LogP contribution in [0.2, 0.25) is 0 Å². The molecule has 0 fully saturated rings. The zero-order chi connectivity index (χ0) is 18.2. The molecular formula is C23H20N2OS. The Balaban J connectivity index is 1.49. The Bertz CT molecular complexity index is 1130. The maximum absolute atomic E-state index is 5.69. The molecule has 1 N–H and O–H groups in total. The third-order valence-corrected chi connectivity index (χ3v) is 5.96. The molecule has 0 unspecified atom stereocenters. The molecule has 3 aromatic carbocycles. The third-order valence-electron chi connectivity index (χ3n) is 4.99. The summed E-state index contributed by atoms with van der Waals surface area (Å²) >= 11 is 1.79. The van der Waals surface area contributed by atoms with Gasteiger partial charge in [0.15, 0.2) is 0 Å². The number of aromatic nitrogens is 1. The molecule has 0 amide bonds. The average molecular weight is 372 g/mol. The molecule has 0 spiro atoms. The van der Waals surface area contributed by atoms with Crippen molar-refractivity contribution in [2.75, 3.05) is 18.5 Å². The van der Waals surface area contributed by atoms with Crippen molar-refractivity contribution in [3.8, 4) is 17.0 Å². The molecule has 5 rings (SSSR count). The fourth-order valence-electron chi connectivity index (χ4n) is 3.69. The summed E-state index contributed by atoms with van der Waals surface area (Å²) in [7, 11) is 0. The summed E-state index contributed by atoms with van der Waals surface area (Å²) in [6, 6.07) is 21.4. The van der Waals surface area contributed by atoms with Crippen LogP contribution in [0.4, 0.5) is 5.69 Å². The molecule has 134 valence electrons. The first-order valence-corrected chi connectivity index (χ1v) is 10.0. The van der Waals surface area contributed by atoms with Crippen molar-refractivity contribution in [1.29, 1.82) is 0 Å². The van der Waals surface area contributed by atoms with Crippen LogP contribution in [-0.4, -0.2) is 18.1 Å². The van der Waals surface area contributed by atoms with Crippen LogP contribution in [0.3, 0.4) is 0 Å². The molecule has 2 heterocycles. The maximum atomic E-state index is 5.69. The van der Waals surface area contributed by atoms with Crippen molar-refractivity contribution in [1.82, 2.24) is 4.98 Å². The minimum Gasteiger partial charge on any atom is -0.490 e. The van der Waals surface area contributed by atoms with Gasteiger partial charge < -0.3 is 10.1 Å². The minimum atomic E-state index is 0.719. The normalized spacial score (nSPS) is 13.1. The van der Waals surface area contributed by atoms with E-state index < -0.39 is 0 Å². The Morgan fingerprint density at radius 3 is 2.93 bits per heavy atom. The number of aryl methyl sites for hydroxylation is 1. The van der Waals surface area contributed by atoms with Crippen LogP contribution in [0.5, 0.6) is 5.75 Å². The summed E-state index contributed by atoms with van der Waals surface area (Å²) in [4.78, 5) is 6.23. The topological polar surface area (TPSA) is 34.2 Å². The number of ether oxygens (including phenoxy) is 1. The van der Waals surface area contributed by atoms with Gasteiger partial charge in [-0.3, -0.25) is 0 Å². The predicted octanol–water partition coefficient (Wildman–Crippen LogP) is 5.67. The van der Waals surface area contributed by atoms with Crippen LogP contribution in [0.25, 0.3) is 22.0 Å². The van der Waals surface area contributed by atoms with Crippen molar-refractivity contribution in [3.05, 3.63) is 76.1 Å². The second kappa shape index (κ2) is 6.71. The van der Waals surface area contributed by atoms with Gasteiger partial charge in [-0.2, -0.15) is 0 Å². The highest BCUT2D eigenvalue weighted by molar-refractivity contribution is 7.12. The number of thiazole rings is 1. The smallest absolute Gasteiger partial charge is 0.142 e. The van der Waals surface area contributed by atoms with Gasteiger partial charge in [-0.15, -0.1) is 11.3 Å². The molecule has 1 aliphatic rings. The molecule has 0 saturated heterocycles. The SMILES string of the molecule is Cc1sc(Cc2cccc3ccccc23)nc1-c1ccc2c(c1)NCCO2. The number of nitrogens with one attached hydrogen (secondary N) is 1. The van der Waals surface area contributed by atoms with E-state index in [4.69, 9.17) is 9.72 Å². The molecule has 27 heavy (non-hydrogen) atoms. The Kier molecular flexibility index (Phi) is 4.06. The number of benzene rings is 3. The van der Waals surface area contributed by atoms with Crippen molar-refractivity contribution in [3.63, 3.8) is 0 Å². The number of anilines is 1. The Morgan fingerprint density at radius 2 is 1.96 bits per heavy atom. The lowest BCUT2D eigenvalue weighted by Crippen LogP contribution is -2.17. The quantitative estimate of drug-likeness (QED) is 0.503. The first-order chi connectivity index (χ1) is 13.3. The van der Waals surface area contributed by atoms with E-state index in [-0.39, 0.29) is 0 Å². The summed E-state index contributed by atoms with van der Waals surface area (Å²) in [5.74, 6) is 0.925. The van der Waals surface area contributed by atoms with Crippen molar-refractivity contribution in [2.24, 2.45) is 0 Å². The Labute approximate surface area is 162 Å². The molecule has 3 nitrogen and oxygen atoms in total. The van der Waals surface area contributed by atoms with Crippen LogP contribution in [0.1, 0.15) is 15.4 Å². The lowest BCUT2D eigenvalue weighted by molar-refractivity contribution is 0.323. The van der Waals surface area contributed by atoms with Crippen LogP contribution >= 0.6 is 11.3 Å². The third kappa shape index (κ3) is 3.06. The first kappa shape index (κ1) is 16.3. The fraction of sp³-hybridized carbons (Fsp3) is 0.174. The largest absolute Gasteiger partial charge is 0.490 e. The van der Waals surface area contributed by atoms with Gasteiger partial charge in [-0.05, 0) is 41.5 Å². The second-order valence-corrected chi connectivity index (χ2v) is 8.10. The summed E-state index contributed by atoms with van der Waals surface area (Å²) in [5, 5.41) is 7.15. The number of nitrogens with zero attached hydrogens (tertiary/aromatic N) is 1. The van der Waals surface area contributed by atoms with Gasteiger partial charge in [0.1, 0.15) is 12.4 Å². The van der Waals surface area contributed by atoms with Gasteiger partial charge >= 0.3 is 0 Å². The van der Waals surface area contributed by atoms with Crippen LogP contribution < -0.4 is 10.1 Å². The molecule has 0 aliphatic carbocycles. The molecule has 1 aromatic heterocycles. The van der Waals surface area contributed by atoms with Gasteiger partial charge in [0.05, 0.1) is 16.4 Å². The van der Waals surface area contributed by atoms with Gasteiger partial charge in [-0.1, -0.05) is 42.5 Å². The van der Waals surface area contributed by atoms with Crippen molar-refractivity contribution >= 4 is 27.8 Å². The zero-order valence-electron chi connectivity index (χ0n) is 15.2. The molecular weight excluding hydrogens is 352 g/mol. The van der Waals surface area contributed by atoms with Crippen molar-refractivity contribution < 1.29 is 4.74 Å². The summed E-state index contributed by atoms with van der Waals surface area (Å²) in [6.07, 6.45) is 0.860. The number of fused-ring (bicyclic) bond motifs is 2. The number of hydrogen-bond acceptors (Lipinski definition) is 4. The summed E-state index contributed by atoms with van der Waals surface area (Å²) in [5.41, 5.74) is 4.60. The van der Waals surface area contributed by atoms with Crippen LogP contribution in [0, 0.1) is 6.92 Å². The van der Waals surface area contributed by atoms with Gasteiger partial charge in [0.2, 0.25) is 0 Å².